The van der Waals surface area contributed by atoms with Gasteiger partial charge in [0.1, 0.15) is 4.34 Å². The number of halogens is 1. The maximum absolute atomic E-state index is 10.4. The first-order valence-corrected chi connectivity index (χ1v) is 4.85. The molecule has 0 bridgehead atoms. The van der Waals surface area contributed by atoms with E-state index in [9.17, 15) is 4.79 Å². The van der Waals surface area contributed by atoms with E-state index in [-0.39, 0.29) is 5.56 Å². The van der Waals surface area contributed by atoms with E-state index in [1.807, 2.05) is 13.8 Å². The van der Waals surface area contributed by atoms with Crippen molar-refractivity contribution in [1.82, 2.24) is 0 Å². The molecule has 4 heteroatoms. The summed E-state index contributed by atoms with van der Waals surface area (Å²) in [4.78, 5) is 10.4. The number of carboxylic acid groups (broad SMARTS) is 1. The number of carboxylic acids is 1. The summed E-state index contributed by atoms with van der Waals surface area (Å²) in [6, 6.07) is 0. The Morgan fingerprint density at radius 3 is 2.25 bits per heavy atom. The van der Waals surface area contributed by atoms with Crippen LogP contribution in [0.1, 0.15) is 29.8 Å². The molecule has 12 heavy (non-hydrogen) atoms. The predicted octanol–water partition coefficient (Wildman–Crippen LogP) is 3.43. The van der Waals surface area contributed by atoms with Gasteiger partial charge in [0.15, 0.2) is 0 Å². The second kappa shape index (κ2) is 5.17. The van der Waals surface area contributed by atoms with Gasteiger partial charge < -0.3 is 5.11 Å². The first kappa shape index (κ1) is 11.5. The second-order valence-corrected chi connectivity index (χ2v) is 3.35. The van der Waals surface area contributed by atoms with E-state index in [0.29, 0.717) is 4.34 Å². The summed E-state index contributed by atoms with van der Waals surface area (Å²) in [5, 5.41) is 10.3. The summed E-state index contributed by atoms with van der Waals surface area (Å²) in [5.41, 5.74) is 0.953. The number of aryl methyl sites for hydroxylation is 1. The third-order valence-electron chi connectivity index (χ3n) is 1.14. The lowest BCUT2D eigenvalue weighted by Crippen LogP contribution is -1.96. The summed E-state index contributed by atoms with van der Waals surface area (Å²) in [7, 11) is 0. The first-order chi connectivity index (χ1) is 5.63. The SMILES string of the molecule is CC.Cc1csc(Cl)c1C(=O)O. The van der Waals surface area contributed by atoms with Crippen LogP contribution >= 0.6 is 22.9 Å². The van der Waals surface area contributed by atoms with Crippen molar-refractivity contribution in [3.05, 3.63) is 20.8 Å². The second-order valence-electron chi connectivity index (χ2n) is 1.87. The Bertz CT molecular complexity index is 249. The first-order valence-electron chi connectivity index (χ1n) is 3.60. The molecule has 0 amide bonds. The van der Waals surface area contributed by atoms with Gasteiger partial charge in [0.05, 0.1) is 5.56 Å². The average Bonchev–Trinajstić information content (AvgIpc) is 2.35. The molecule has 0 saturated heterocycles. The monoisotopic (exact) mass is 206 g/mol. The molecule has 1 rings (SSSR count). The van der Waals surface area contributed by atoms with Gasteiger partial charge in [-0.05, 0) is 17.9 Å². The van der Waals surface area contributed by atoms with Crippen molar-refractivity contribution in [1.29, 1.82) is 0 Å². The quantitative estimate of drug-likeness (QED) is 0.765. The maximum atomic E-state index is 10.4. The lowest BCUT2D eigenvalue weighted by Gasteiger charge is -1.89. The standard InChI is InChI=1S/C6H5ClO2S.C2H6/c1-3-2-10-5(7)4(3)6(8)9;1-2/h2H,1H3,(H,8,9);1-2H3. The molecule has 0 aromatic carbocycles. The number of rotatable bonds is 1. The van der Waals surface area contributed by atoms with Gasteiger partial charge in [-0.3, -0.25) is 0 Å². The van der Waals surface area contributed by atoms with E-state index in [2.05, 4.69) is 0 Å². The Morgan fingerprint density at radius 2 is 2.08 bits per heavy atom. The zero-order chi connectivity index (χ0) is 9.72. The maximum Gasteiger partial charge on any atom is 0.338 e. The summed E-state index contributed by atoms with van der Waals surface area (Å²) >= 11 is 6.82. The highest BCUT2D eigenvalue weighted by Gasteiger charge is 2.12. The van der Waals surface area contributed by atoms with E-state index in [1.165, 1.54) is 11.3 Å². The van der Waals surface area contributed by atoms with Crippen molar-refractivity contribution in [2.75, 3.05) is 0 Å². The number of thiophene rings is 1. The molecule has 1 aromatic rings. The Morgan fingerprint density at radius 1 is 1.58 bits per heavy atom. The van der Waals surface area contributed by atoms with Crippen LogP contribution in [0.25, 0.3) is 0 Å². The number of aromatic carboxylic acids is 1. The van der Waals surface area contributed by atoms with E-state index in [4.69, 9.17) is 16.7 Å². The smallest absolute Gasteiger partial charge is 0.338 e. The van der Waals surface area contributed by atoms with Gasteiger partial charge >= 0.3 is 5.97 Å². The van der Waals surface area contributed by atoms with Gasteiger partial charge in [-0.1, -0.05) is 25.4 Å². The van der Waals surface area contributed by atoms with Crippen molar-refractivity contribution in [3.63, 3.8) is 0 Å². The summed E-state index contributed by atoms with van der Waals surface area (Å²) in [6.45, 7) is 5.73. The molecule has 0 saturated carbocycles. The van der Waals surface area contributed by atoms with E-state index >= 15 is 0 Å². The highest BCUT2D eigenvalue weighted by atomic mass is 35.5. The molecule has 0 aliphatic heterocycles. The predicted molar refractivity (Wildman–Crippen MR) is 52.4 cm³/mol. The fourth-order valence-electron chi connectivity index (χ4n) is 0.666. The van der Waals surface area contributed by atoms with Gasteiger partial charge in [-0.25, -0.2) is 4.79 Å². The molecule has 2 nitrogen and oxygen atoms in total. The van der Waals surface area contributed by atoms with Gasteiger partial charge in [0.2, 0.25) is 0 Å². The van der Waals surface area contributed by atoms with Crippen LogP contribution in [0.3, 0.4) is 0 Å². The van der Waals surface area contributed by atoms with Crippen LogP contribution in [0.2, 0.25) is 4.34 Å². The molecule has 0 unspecified atom stereocenters. The number of hydrogen-bond donors (Lipinski definition) is 1. The minimum Gasteiger partial charge on any atom is -0.478 e. The van der Waals surface area contributed by atoms with Crippen molar-refractivity contribution in [2.24, 2.45) is 0 Å². The zero-order valence-corrected chi connectivity index (χ0v) is 8.79. The van der Waals surface area contributed by atoms with Crippen molar-refractivity contribution in [3.8, 4) is 0 Å². The van der Waals surface area contributed by atoms with Crippen molar-refractivity contribution in [2.45, 2.75) is 20.8 Å². The van der Waals surface area contributed by atoms with Crippen LogP contribution in [0.4, 0.5) is 0 Å². The lowest BCUT2D eigenvalue weighted by molar-refractivity contribution is 0.0697. The number of carbonyl (C=O) groups is 1. The van der Waals surface area contributed by atoms with Crippen LogP contribution in [0.5, 0.6) is 0 Å². The summed E-state index contributed by atoms with van der Waals surface area (Å²) in [5.74, 6) is -0.955. The normalized spacial score (nSPS) is 8.67. The fraction of sp³-hybridized carbons (Fsp3) is 0.375. The molecule has 0 atom stereocenters. The van der Waals surface area contributed by atoms with Gasteiger partial charge in [0.25, 0.3) is 0 Å². The summed E-state index contributed by atoms with van der Waals surface area (Å²) < 4.78 is 0.352. The van der Waals surface area contributed by atoms with Crippen LogP contribution < -0.4 is 0 Å². The molecule has 0 aliphatic rings. The van der Waals surface area contributed by atoms with Crippen LogP contribution in [-0.4, -0.2) is 11.1 Å². The summed E-state index contributed by atoms with van der Waals surface area (Å²) in [6.07, 6.45) is 0. The van der Waals surface area contributed by atoms with Crippen LogP contribution in [-0.2, 0) is 0 Å². The van der Waals surface area contributed by atoms with Crippen molar-refractivity contribution < 1.29 is 9.90 Å². The highest BCUT2D eigenvalue weighted by molar-refractivity contribution is 7.15. The highest BCUT2D eigenvalue weighted by Crippen LogP contribution is 2.26. The Kier molecular flexibility index (Phi) is 4.93. The van der Waals surface area contributed by atoms with Gasteiger partial charge in [-0.15, -0.1) is 11.3 Å². The topological polar surface area (TPSA) is 37.3 Å². The van der Waals surface area contributed by atoms with Gasteiger partial charge in [0, 0.05) is 0 Å². The van der Waals surface area contributed by atoms with E-state index in [1.54, 1.807) is 12.3 Å². The molecule has 1 aromatic heterocycles. The van der Waals surface area contributed by atoms with Crippen molar-refractivity contribution >= 4 is 28.9 Å². The average molecular weight is 207 g/mol. The third kappa shape index (κ3) is 2.50. The molecule has 1 N–H and O–H groups in total. The fourth-order valence-corrected chi connectivity index (χ4v) is 1.79. The Balaban J connectivity index is 0.000000561. The minimum atomic E-state index is -0.955. The van der Waals surface area contributed by atoms with Crippen LogP contribution in [0.15, 0.2) is 5.38 Å². The van der Waals surface area contributed by atoms with Crippen LogP contribution in [0, 0.1) is 6.92 Å². The number of hydrogen-bond acceptors (Lipinski definition) is 2. The van der Waals surface area contributed by atoms with E-state index < -0.39 is 5.97 Å². The molecule has 1 heterocycles. The minimum absolute atomic E-state index is 0.228. The molecule has 0 aliphatic carbocycles. The van der Waals surface area contributed by atoms with E-state index in [0.717, 1.165) is 5.56 Å². The van der Waals surface area contributed by atoms with Gasteiger partial charge in [-0.2, -0.15) is 0 Å². The zero-order valence-electron chi connectivity index (χ0n) is 7.22. The Hall–Kier alpha value is -0.540. The Labute approximate surface area is 80.8 Å². The largest absolute Gasteiger partial charge is 0.478 e. The molecular weight excluding hydrogens is 196 g/mol. The lowest BCUT2D eigenvalue weighted by atomic mass is 10.2. The molecular formula is C8H11ClO2S. The molecule has 0 radical (unpaired) electrons. The molecule has 0 fully saturated rings. The molecule has 68 valence electrons. The third-order valence-corrected chi connectivity index (χ3v) is 2.48. The molecule has 0 spiro atoms.